The molecule has 3 aromatic rings. The summed E-state index contributed by atoms with van der Waals surface area (Å²) >= 11 is 0. The summed E-state index contributed by atoms with van der Waals surface area (Å²) in [6.45, 7) is 5.42. The van der Waals surface area contributed by atoms with Crippen molar-refractivity contribution in [1.29, 1.82) is 0 Å². The Balaban J connectivity index is 1.52. The third-order valence-corrected chi connectivity index (χ3v) is 7.99. The molecule has 4 rings (SSSR count). The van der Waals surface area contributed by atoms with Gasteiger partial charge in [0.25, 0.3) is 0 Å². The number of imidazole rings is 1. The highest BCUT2D eigenvalue weighted by Crippen LogP contribution is 2.48. The number of hydrogen-bond acceptors (Lipinski definition) is 12. The number of halogens is 1. The van der Waals surface area contributed by atoms with Gasteiger partial charge in [0.15, 0.2) is 11.9 Å². The van der Waals surface area contributed by atoms with E-state index in [4.69, 9.17) is 24.3 Å². The lowest BCUT2D eigenvalue weighted by atomic mass is 9.99. The van der Waals surface area contributed by atoms with Gasteiger partial charge in [-0.15, -0.1) is 0 Å². The number of ether oxygens (including phenoxy) is 2. The topological polar surface area (TPSA) is 185 Å². The van der Waals surface area contributed by atoms with Crippen LogP contribution in [0.2, 0.25) is 0 Å². The molecule has 0 aliphatic carbocycles. The lowest BCUT2D eigenvalue weighted by molar-refractivity contribution is -0.149. The van der Waals surface area contributed by atoms with Crippen LogP contribution in [0.15, 0.2) is 49.1 Å². The van der Waals surface area contributed by atoms with Gasteiger partial charge in [-0.25, -0.2) is 18.9 Å². The molecule has 3 heterocycles. The minimum absolute atomic E-state index is 0.0678. The summed E-state index contributed by atoms with van der Waals surface area (Å²) in [4.78, 5) is 24.8. The van der Waals surface area contributed by atoms with Crippen LogP contribution in [0.3, 0.4) is 0 Å². The third-order valence-electron chi connectivity index (χ3n) is 6.34. The molecule has 6 atom stereocenters. The van der Waals surface area contributed by atoms with Crippen LogP contribution in [0.25, 0.3) is 11.3 Å². The van der Waals surface area contributed by atoms with Crippen LogP contribution < -0.4 is 20.7 Å². The maximum Gasteiger partial charge on any atom is 0.459 e. The van der Waals surface area contributed by atoms with Gasteiger partial charge in [0.2, 0.25) is 5.95 Å². The van der Waals surface area contributed by atoms with Crippen LogP contribution >= 0.6 is 7.75 Å². The number of carbonyl (C=O) groups is 1. The lowest BCUT2D eigenvalue weighted by Crippen LogP contribution is -2.41. The van der Waals surface area contributed by atoms with E-state index in [1.54, 1.807) is 51.2 Å². The number of para-hydroxylation sites is 1. The highest BCUT2D eigenvalue weighted by atomic mass is 31.2. The van der Waals surface area contributed by atoms with Gasteiger partial charge in [-0.2, -0.15) is 10.1 Å². The van der Waals surface area contributed by atoms with E-state index in [9.17, 15) is 14.5 Å². The molecular weight excluding hydrogens is 572 g/mol. The second-order valence-electron chi connectivity index (χ2n) is 10.1. The van der Waals surface area contributed by atoms with Crippen molar-refractivity contribution >= 4 is 25.5 Å². The van der Waals surface area contributed by atoms with Gasteiger partial charge in [-0.3, -0.25) is 9.32 Å². The Morgan fingerprint density at radius 2 is 2.00 bits per heavy atom. The molecule has 228 valence electrons. The quantitative estimate of drug-likeness (QED) is 0.174. The second-order valence-corrected chi connectivity index (χ2v) is 11.8. The van der Waals surface area contributed by atoms with Gasteiger partial charge in [0.05, 0.1) is 30.3 Å². The van der Waals surface area contributed by atoms with E-state index >= 15 is 4.39 Å². The largest absolute Gasteiger partial charge is 0.462 e. The van der Waals surface area contributed by atoms with Crippen molar-refractivity contribution in [3.8, 4) is 17.0 Å². The van der Waals surface area contributed by atoms with Crippen molar-refractivity contribution in [3.05, 3.63) is 49.1 Å². The zero-order chi connectivity index (χ0) is 30.7. The number of benzene rings is 1. The minimum Gasteiger partial charge on any atom is -0.462 e. The smallest absolute Gasteiger partial charge is 0.459 e. The monoisotopic (exact) mass is 607 g/mol. The van der Waals surface area contributed by atoms with Gasteiger partial charge in [0.1, 0.15) is 29.8 Å². The van der Waals surface area contributed by atoms with Crippen LogP contribution in [0, 0.1) is 0 Å². The highest BCUT2D eigenvalue weighted by Gasteiger charge is 2.55. The number of aliphatic hydroxyl groups excluding tert-OH is 1. The number of rotatable bonds is 12. The SMILES string of the molecule is CNc1nc(N)ncc1-c1cn([C@@H]2O[C@H](CO[P@@](=O)(N[C@@H](C)C(=O)OC(C)C)Oc3ccccc3)[C@@H](O)[C@@]2(C)F)cn1. The van der Waals surface area contributed by atoms with Crippen LogP contribution in [-0.2, 0) is 23.4 Å². The number of nitrogens with zero attached hydrogens (tertiary/aromatic N) is 4. The van der Waals surface area contributed by atoms with Crippen LogP contribution in [-0.4, -0.2) is 74.3 Å². The molecular formula is C26H35FN7O7P. The first-order chi connectivity index (χ1) is 19.8. The zero-order valence-corrected chi connectivity index (χ0v) is 24.7. The van der Waals surface area contributed by atoms with Crippen molar-refractivity contribution in [2.75, 3.05) is 24.7 Å². The minimum atomic E-state index is -4.27. The number of nitrogens with two attached hydrogens (primary N) is 1. The van der Waals surface area contributed by atoms with Crippen LogP contribution in [0.5, 0.6) is 5.75 Å². The molecule has 16 heteroatoms. The van der Waals surface area contributed by atoms with Gasteiger partial charge in [0, 0.05) is 19.4 Å². The standard InChI is InChI=1S/C26H35FN7O7P/c1-15(2)39-23(36)16(3)33-42(37,41-17-9-7-6-8-10-17)38-13-20-21(35)26(4,27)24(40-20)34-12-19(31-14-34)18-11-30-25(28)32-22(18)29-5/h6-12,14-16,20-21,24,35H,13H2,1-5H3,(H,33,37)(H3,28,29,30,32)/t16-,20+,21+,24+,26+,42-/m0/s1. The molecule has 1 fully saturated rings. The molecule has 14 nitrogen and oxygen atoms in total. The predicted octanol–water partition coefficient (Wildman–Crippen LogP) is 3.08. The number of anilines is 2. The van der Waals surface area contributed by atoms with E-state index in [-0.39, 0.29) is 11.7 Å². The number of hydrogen-bond donors (Lipinski definition) is 4. The molecule has 0 saturated carbocycles. The number of aliphatic hydroxyl groups is 1. The summed E-state index contributed by atoms with van der Waals surface area (Å²) in [5.74, 6) is 0.000961. The van der Waals surface area contributed by atoms with Gasteiger partial charge >= 0.3 is 13.7 Å². The molecule has 0 radical (unpaired) electrons. The Kier molecular flexibility index (Phi) is 9.48. The van der Waals surface area contributed by atoms with Gasteiger partial charge < -0.3 is 34.7 Å². The lowest BCUT2D eigenvalue weighted by Gasteiger charge is -2.25. The molecule has 1 aliphatic rings. The Bertz CT molecular complexity index is 1420. The molecule has 0 spiro atoms. The van der Waals surface area contributed by atoms with E-state index < -0.39 is 56.6 Å². The first kappa shape index (κ1) is 31.3. The Hall–Kier alpha value is -3.62. The van der Waals surface area contributed by atoms with Crippen molar-refractivity contribution < 1.29 is 37.4 Å². The normalized spacial score (nSPS) is 24.2. The molecule has 2 aromatic heterocycles. The fourth-order valence-electron chi connectivity index (χ4n) is 4.26. The summed E-state index contributed by atoms with van der Waals surface area (Å²) in [5, 5.41) is 16.3. The van der Waals surface area contributed by atoms with E-state index in [1.165, 1.54) is 37.1 Å². The summed E-state index contributed by atoms with van der Waals surface area (Å²) in [5.41, 5.74) is 4.27. The van der Waals surface area contributed by atoms with Gasteiger partial charge in [-0.05, 0) is 39.8 Å². The van der Waals surface area contributed by atoms with Crippen molar-refractivity contribution in [1.82, 2.24) is 24.6 Å². The van der Waals surface area contributed by atoms with E-state index in [2.05, 4.69) is 25.4 Å². The molecule has 5 N–H and O–H groups in total. The average Bonchev–Trinajstić information content (AvgIpc) is 3.50. The molecule has 0 amide bonds. The maximum absolute atomic E-state index is 15.9. The summed E-state index contributed by atoms with van der Waals surface area (Å²) in [6, 6.07) is 7.07. The highest BCUT2D eigenvalue weighted by molar-refractivity contribution is 7.52. The molecule has 1 aliphatic heterocycles. The van der Waals surface area contributed by atoms with Crippen molar-refractivity contribution in [3.63, 3.8) is 0 Å². The molecule has 0 unspecified atom stereocenters. The van der Waals surface area contributed by atoms with Crippen molar-refractivity contribution in [2.24, 2.45) is 0 Å². The summed E-state index contributed by atoms with van der Waals surface area (Å²) in [7, 11) is -2.61. The Morgan fingerprint density at radius 3 is 2.67 bits per heavy atom. The number of nitrogens with one attached hydrogen (secondary N) is 2. The number of esters is 1. The number of aromatic nitrogens is 4. The second kappa shape index (κ2) is 12.7. The van der Waals surface area contributed by atoms with E-state index in [0.29, 0.717) is 17.1 Å². The number of carbonyl (C=O) groups excluding carboxylic acids is 1. The fourth-order valence-corrected chi connectivity index (χ4v) is 5.76. The van der Waals surface area contributed by atoms with E-state index in [0.717, 1.165) is 0 Å². The van der Waals surface area contributed by atoms with Gasteiger partial charge in [-0.1, -0.05) is 18.2 Å². The Labute approximate surface area is 242 Å². The van der Waals surface area contributed by atoms with Crippen LogP contribution in [0.4, 0.5) is 16.2 Å². The average molecular weight is 608 g/mol. The van der Waals surface area contributed by atoms with E-state index in [1.807, 2.05) is 0 Å². The van der Waals surface area contributed by atoms with Crippen molar-refractivity contribution in [2.45, 2.75) is 63.9 Å². The molecule has 42 heavy (non-hydrogen) atoms. The fraction of sp³-hybridized carbons (Fsp3) is 0.462. The molecule has 1 aromatic carbocycles. The molecule has 1 saturated heterocycles. The summed E-state index contributed by atoms with van der Waals surface area (Å²) in [6.07, 6.45) is -0.342. The number of nitrogen functional groups attached to an aromatic ring is 1. The Morgan fingerprint density at radius 1 is 1.29 bits per heavy atom. The number of alkyl halides is 1. The third kappa shape index (κ3) is 7.05. The predicted molar refractivity (Wildman–Crippen MR) is 151 cm³/mol. The first-order valence-electron chi connectivity index (χ1n) is 13.2. The molecule has 0 bridgehead atoms. The zero-order valence-electron chi connectivity index (χ0n) is 23.8. The maximum atomic E-state index is 15.9. The summed E-state index contributed by atoms with van der Waals surface area (Å²) < 4.78 is 53.3. The van der Waals surface area contributed by atoms with Crippen LogP contribution in [0.1, 0.15) is 33.9 Å². The first-order valence-corrected chi connectivity index (χ1v) is 14.7.